The Hall–Kier alpha value is -0.300. The fourth-order valence-electron chi connectivity index (χ4n) is 1.83. The number of hydrogen-bond donors (Lipinski definition) is 0. The lowest BCUT2D eigenvalue weighted by Crippen LogP contribution is -2.29. The van der Waals surface area contributed by atoms with Crippen molar-refractivity contribution >= 4 is 0 Å². The standard InChI is InChI=1S/C11H21N/c1-9(2)10-5-7-11(8-6-10)12(3)4/h5,9,11H,6-8H2,1-4H3/t11-/m0/s1. The predicted molar refractivity (Wildman–Crippen MR) is 54.2 cm³/mol. The van der Waals surface area contributed by atoms with Crippen molar-refractivity contribution in [3.63, 3.8) is 0 Å². The van der Waals surface area contributed by atoms with Gasteiger partial charge in [0.15, 0.2) is 0 Å². The second-order valence-corrected chi connectivity index (χ2v) is 4.33. The van der Waals surface area contributed by atoms with Gasteiger partial charge in [0.25, 0.3) is 0 Å². The number of hydrogen-bond acceptors (Lipinski definition) is 1. The van der Waals surface area contributed by atoms with Gasteiger partial charge in [0.1, 0.15) is 0 Å². The lowest BCUT2D eigenvalue weighted by atomic mass is 9.88. The highest BCUT2D eigenvalue weighted by Crippen LogP contribution is 2.25. The van der Waals surface area contributed by atoms with E-state index in [0.29, 0.717) is 0 Å². The topological polar surface area (TPSA) is 3.24 Å². The van der Waals surface area contributed by atoms with Gasteiger partial charge >= 0.3 is 0 Å². The molecule has 0 saturated heterocycles. The van der Waals surface area contributed by atoms with Crippen molar-refractivity contribution in [1.29, 1.82) is 0 Å². The maximum absolute atomic E-state index is 2.44. The van der Waals surface area contributed by atoms with Crippen LogP contribution in [0.5, 0.6) is 0 Å². The van der Waals surface area contributed by atoms with E-state index >= 15 is 0 Å². The molecule has 1 nitrogen and oxygen atoms in total. The summed E-state index contributed by atoms with van der Waals surface area (Å²) in [5.74, 6) is 0.758. The lowest BCUT2D eigenvalue weighted by molar-refractivity contribution is 0.270. The van der Waals surface area contributed by atoms with Crippen molar-refractivity contribution < 1.29 is 0 Å². The average molecular weight is 167 g/mol. The zero-order valence-corrected chi connectivity index (χ0v) is 8.80. The van der Waals surface area contributed by atoms with E-state index in [1.807, 2.05) is 0 Å². The smallest absolute Gasteiger partial charge is 0.0127 e. The van der Waals surface area contributed by atoms with Crippen molar-refractivity contribution in [2.45, 2.75) is 39.2 Å². The maximum atomic E-state index is 2.44. The summed E-state index contributed by atoms with van der Waals surface area (Å²) in [6.07, 6.45) is 6.34. The Balaban J connectivity index is 2.47. The van der Waals surface area contributed by atoms with E-state index in [1.54, 1.807) is 5.57 Å². The maximum Gasteiger partial charge on any atom is 0.0127 e. The van der Waals surface area contributed by atoms with Gasteiger partial charge in [-0.3, -0.25) is 0 Å². The lowest BCUT2D eigenvalue weighted by Gasteiger charge is -2.28. The molecule has 0 amide bonds. The van der Waals surface area contributed by atoms with Crippen LogP contribution >= 0.6 is 0 Å². The zero-order chi connectivity index (χ0) is 9.14. The SMILES string of the molecule is CC(C)C1=CC[C@H](N(C)C)CC1. The first-order chi connectivity index (χ1) is 5.61. The van der Waals surface area contributed by atoms with Crippen LogP contribution in [0.4, 0.5) is 0 Å². The summed E-state index contributed by atoms with van der Waals surface area (Å²) in [7, 11) is 4.36. The Morgan fingerprint density at radius 3 is 2.42 bits per heavy atom. The molecule has 1 atom stereocenters. The van der Waals surface area contributed by atoms with Crippen LogP contribution in [0, 0.1) is 5.92 Å². The molecule has 1 aliphatic rings. The van der Waals surface area contributed by atoms with Crippen LogP contribution < -0.4 is 0 Å². The molecule has 0 heterocycles. The molecular weight excluding hydrogens is 146 g/mol. The fraction of sp³-hybridized carbons (Fsp3) is 0.818. The van der Waals surface area contributed by atoms with Gasteiger partial charge in [0.2, 0.25) is 0 Å². The largest absolute Gasteiger partial charge is 0.306 e. The van der Waals surface area contributed by atoms with E-state index in [1.165, 1.54) is 19.3 Å². The molecule has 0 radical (unpaired) electrons. The molecule has 0 aromatic carbocycles. The van der Waals surface area contributed by atoms with Gasteiger partial charge in [-0.1, -0.05) is 25.5 Å². The monoisotopic (exact) mass is 167 g/mol. The molecule has 0 aliphatic heterocycles. The second-order valence-electron chi connectivity index (χ2n) is 4.33. The van der Waals surface area contributed by atoms with Crippen molar-refractivity contribution in [3.8, 4) is 0 Å². The van der Waals surface area contributed by atoms with Gasteiger partial charge in [0, 0.05) is 6.04 Å². The minimum absolute atomic E-state index is 0.758. The van der Waals surface area contributed by atoms with Gasteiger partial charge in [0.05, 0.1) is 0 Å². The summed E-state index contributed by atoms with van der Waals surface area (Å²) < 4.78 is 0. The van der Waals surface area contributed by atoms with Crippen LogP contribution in [0.3, 0.4) is 0 Å². The third-order valence-electron chi connectivity index (χ3n) is 2.89. The number of nitrogens with zero attached hydrogens (tertiary/aromatic N) is 1. The second kappa shape index (κ2) is 4.08. The van der Waals surface area contributed by atoms with Crippen molar-refractivity contribution in [2.24, 2.45) is 5.92 Å². The van der Waals surface area contributed by atoms with Gasteiger partial charge in [-0.2, -0.15) is 0 Å². The zero-order valence-electron chi connectivity index (χ0n) is 8.80. The average Bonchev–Trinajstić information content (AvgIpc) is 2.04. The predicted octanol–water partition coefficient (Wildman–Crippen LogP) is 2.68. The molecule has 0 N–H and O–H groups in total. The van der Waals surface area contributed by atoms with Crippen LogP contribution in [0.25, 0.3) is 0 Å². The molecule has 1 rings (SSSR count). The van der Waals surface area contributed by atoms with Crippen LogP contribution in [-0.2, 0) is 0 Å². The normalized spacial score (nSPS) is 24.8. The first-order valence-corrected chi connectivity index (χ1v) is 4.96. The molecular formula is C11H21N. The highest BCUT2D eigenvalue weighted by molar-refractivity contribution is 5.09. The fourth-order valence-corrected chi connectivity index (χ4v) is 1.83. The number of rotatable bonds is 2. The van der Waals surface area contributed by atoms with Gasteiger partial charge in [-0.05, 0) is 39.3 Å². The molecule has 12 heavy (non-hydrogen) atoms. The Bertz CT molecular complexity index is 168. The molecule has 0 spiro atoms. The van der Waals surface area contributed by atoms with E-state index < -0.39 is 0 Å². The van der Waals surface area contributed by atoms with E-state index in [-0.39, 0.29) is 0 Å². The summed E-state index contributed by atoms with van der Waals surface area (Å²) in [5.41, 5.74) is 1.66. The molecule has 0 saturated carbocycles. The van der Waals surface area contributed by atoms with E-state index in [9.17, 15) is 0 Å². The summed E-state index contributed by atoms with van der Waals surface area (Å²) in [5, 5.41) is 0. The molecule has 0 bridgehead atoms. The summed E-state index contributed by atoms with van der Waals surface area (Å²) >= 11 is 0. The number of allylic oxidation sites excluding steroid dienone is 1. The summed E-state index contributed by atoms with van der Waals surface area (Å²) in [6.45, 7) is 4.59. The molecule has 1 heteroatoms. The highest BCUT2D eigenvalue weighted by Gasteiger charge is 2.16. The van der Waals surface area contributed by atoms with Crippen LogP contribution in [0.15, 0.2) is 11.6 Å². The Labute approximate surface area is 76.5 Å². The quantitative estimate of drug-likeness (QED) is 0.572. The van der Waals surface area contributed by atoms with E-state index in [0.717, 1.165) is 12.0 Å². The minimum Gasteiger partial charge on any atom is -0.306 e. The Morgan fingerprint density at radius 2 is 2.08 bits per heavy atom. The van der Waals surface area contributed by atoms with Gasteiger partial charge in [-0.15, -0.1) is 0 Å². The molecule has 0 aromatic rings. The first-order valence-electron chi connectivity index (χ1n) is 4.96. The third kappa shape index (κ3) is 2.34. The van der Waals surface area contributed by atoms with Crippen LogP contribution in [0.1, 0.15) is 33.1 Å². The van der Waals surface area contributed by atoms with Crippen molar-refractivity contribution in [1.82, 2.24) is 4.90 Å². The van der Waals surface area contributed by atoms with Gasteiger partial charge in [-0.25, -0.2) is 0 Å². The molecule has 70 valence electrons. The van der Waals surface area contributed by atoms with Crippen LogP contribution in [0.2, 0.25) is 0 Å². The highest BCUT2D eigenvalue weighted by atomic mass is 15.1. The summed E-state index contributed by atoms with van der Waals surface area (Å²) in [6, 6.07) is 0.785. The molecule has 0 fully saturated rings. The minimum atomic E-state index is 0.758. The van der Waals surface area contributed by atoms with E-state index in [4.69, 9.17) is 0 Å². The molecule has 1 aliphatic carbocycles. The van der Waals surface area contributed by atoms with Crippen molar-refractivity contribution in [2.75, 3.05) is 14.1 Å². The van der Waals surface area contributed by atoms with Crippen LogP contribution in [-0.4, -0.2) is 25.0 Å². The Morgan fingerprint density at radius 1 is 1.42 bits per heavy atom. The van der Waals surface area contributed by atoms with E-state index in [2.05, 4.69) is 38.9 Å². The molecule has 0 aromatic heterocycles. The summed E-state index contributed by atoms with van der Waals surface area (Å²) in [4.78, 5) is 2.34. The van der Waals surface area contributed by atoms with Gasteiger partial charge < -0.3 is 4.90 Å². The first kappa shape index (κ1) is 9.79. The third-order valence-corrected chi connectivity index (χ3v) is 2.89. The van der Waals surface area contributed by atoms with Crippen molar-refractivity contribution in [3.05, 3.63) is 11.6 Å². The Kier molecular flexibility index (Phi) is 3.33. The molecule has 0 unspecified atom stereocenters.